The van der Waals surface area contributed by atoms with Crippen LogP contribution in [0.25, 0.3) is 0 Å². The average Bonchev–Trinajstić information content (AvgIpc) is 2.71. The van der Waals surface area contributed by atoms with Gasteiger partial charge in [0.15, 0.2) is 9.84 Å². The van der Waals surface area contributed by atoms with Crippen LogP contribution in [0.2, 0.25) is 5.02 Å². The molecule has 4 nitrogen and oxygen atoms in total. The summed E-state index contributed by atoms with van der Waals surface area (Å²) in [6, 6.07) is 4.84. The first-order chi connectivity index (χ1) is 8.82. The third kappa shape index (κ3) is 3.12. The van der Waals surface area contributed by atoms with Crippen LogP contribution in [-0.4, -0.2) is 43.8 Å². The van der Waals surface area contributed by atoms with Gasteiger partial charge in [0.2, 0.25) is 0 Å². The molecule has 104 valence electrons. The highest BCUT2D eigenvalue weighted by Crippen LogP contribution is 2.28. The van der Waals surface area contributed by atoms with E-state index in [2.05, 4.69) is 15.9 Å². The van der Waals surface area contributed by atoms with E-state index < -0.39 is 9.84 Å². The van der Waals surface area contributed by atoms with E-state index in [1.807, 2.05) is 0 Å². The standard InChI is InChI=1S/C12H13BrClNO3S/c1-15(8-5-6-19(17,18)7-8)12(16)9-3-2-4-10(13)11(9)14/h2-4,8H,5-7H2,1H3. The van der Waals surface area contributed by atoms with Crippen molar-refractivity contribution in [3.63, 3.8) is 0 Å². The number of hydrogen-bond acceptors (Lipinski definition) is 3. The molecule has 1 aliphatic rings. The van der Waals surface area contributed by atoms with Crippen molar-refractivity contribution in [2.75, 3.05) is 18.6 Å². The minimum atomic E-state index is -3.01. The van der Waals surface area contributed by atoms with Gasteiger partial charge in [0.05, 0.1) is 22.1 Å². The van der Waals surface area contributed by atoms with Crippen molar-refractivity contribution in [2.45, 2.75) is 12.5 Å². The van der Waals surface area contributed by atoms with Gasteiger partial charge in [-0.15, -0.1) is 0 Å². The minimum absolute atomic E-state index is 0.0286. The number of rotatable bonds is 2. The van der Waals surface area contributed by atoms with E-state index in [1.54, 1.807) is 25.2 Å². The van der Waals surface area contributed by atoms with Gasteiger partial charge in [0.1, 0.15) is 0 Å². The first-order valence-electron chi connectivity index (χ1n) is 5.73. The Bertz CT molecular complexity index is 617. The largest absolute Gasteiger partial charge is 0.338 e. The summed E-state index contributed by atoms with van der Waals surface area (Å²) in [4.78, 5) is 13.8. The Hall–Kier alpha value is -0.590. The molecule has 1 amide bonds. The number of nitrogens with zero attached hydrogens (tertiary/aromatic N) is 1. The van der Waals surface area contributed by atoms with Crippen molar-refractivity contribution < 1.29 is 13.2 Å². The summed E-state index contributed by atoms with van der Waals surface area (Å²) in [5.74, 6) is -0.0871. The number of sulfone groups is 1. The Morgan fingerprint density at radius 3 is 2.74 bits per heavy atom. The zero-order valence-corrected chi connectivity index (χ0v) is 13.4. The molecule has 0 N–H and O–H groups in total. The van der Waals surface area contributed by atoms with Gasteiger partial charge in [-0.25, -0.2) is 8.42 Å². The van der Waals surface area contributed by atoms with Gasteiger partial charge >= 0.3 is 0 Å². The summed E-state index contributed by atoms with van der Waals surface area (Å²) < 4.78 is 23.6. The van der Waals surface area contributed by atoms with Crippen LogP contribution in [0.15, 0.2) is 22.7 Å². The first kappa shape index (κ1) is 14.8. The van der Waals surface area contributed by atoms with Crippen LogP contribution in [0, 0.1) is 0 Å². The average molecular weight is 367 g/mol. The Balaban J connectivity index is 2.23. The normalized spacial score (nSPS) is 21.3. The van der Waals surface area contributed by atoms with Crippen molar-refractivity contribution >= 4 is 43.3 Å². The Labute approximate surface area is 125 Å². The lowest BCUT2D eigenvalue weighted by molar-refractivity contribution is 0.0748. The summed E-state index contributed by atoms with van der Waals surface area (Å²) in [6.07, 6.45) is 0.482. The topological polar surface area (TPSA) is 54.5 Å². The molecule has 0 bridgehead atoms. The molecule has 0 radical (unpaired) electrons. The zero-order chi connectivity index (χ0) is 14.2. The number of hydrogen-bond donors (Lipinski definition) is 0. The molecule has 1 heterocycles. The molecular formula is C12H13BrClNO3S. The number of halogens is 2. The lowest BCUT2D eigenvalue weighted by Crippen LogP contribution is -2.37. The molecule has 0 aliphatic carbocycles. The van der Waals surface area contributed by atoms with Crippen molar-refractivity contribution in [1.82, 2.24) is 4.90 Å². The van der Waals surface area contributed by atoms with Crippen LogP contribution >= 0.6 is 27.5 Å². The first-order valence-corrected chi connectivity index (χ1v) is 8.72. The van der Waals surface area contributed by atoms with Gasteiger partial charge in [-0.2, -0.15) is 0 Å². The molecular weight excluding hydrogens is 354 g/mol. The summed E-state index contributed by atoms with van der Waals surface area (Å²) in [5, 5.41) is 0.347. The predicted octanol–water partition coefficient (Wildman–Crippen LogP) is 2.36. The van der Waals surface area contributed by atoms with Gasteiger partial charge in [-0.3, -0.25) is 4.79 Å². The molecule has 0 spiro atoms. The van der Waals surface area contributed by atoms with Crippen LogP contribution in [0.4, 0.5) is 0 Å². The van der Waals surface area contributed by atoms with E-state index in [4.69, 9.17) is 11.6 Å². The molecule has 0 aromatic heterocycles. The smallest absolute Gasteiger partial charge is 0.255 e. The summed E-state index contributed by atoms with van der Waals surface area (Å²) >= 11 is 9.35. The molecule has 0 saturated carbocycles. The zero-order valence-electron chi connectivity index (χ0n) is 10.3. The molecule has 7 heteroatoms. The van der Waals surface area contributed by atoms with Gasteiger partial charge in [-0.05, 0) is 34.5 Å². The Kier molecular flexibility index (Phi) is 4.23. The van der Waals surface area contributed by atoms with Gasteiger partial charge in [0.25, 0.3) is 5.91 Å². The summed E-state index contributed by atoms with van der Waals surface area (Å²) in [7, 11) is -1.39. The maximum Gasteiger partial charge on any atom is 0.255 e. The van der Waals surface area contributed by atoms with Gasteiger partial charge in [0, 0.05) is 17.6 Å². The van der Waals surface area contributed by atoms with E-state index >= 15 is 0 Å². The number of amides is 1. The SMILES string of the molecule is CN(C(=O)c1cccc(Br)c1Cl)C1CCS(=O)(=O)C1. The third-order valence-electron chi connectivity index (χ3n) is 3.26. The van der Waals surface area contributed by atoms with Crippen molar-refractivity contribution in [2.24, 2.45) is 0 Å². The predicted molar refractivity (Wildman–Crippen MR) is 78.3 cm³/mol. The van der Waals surface area contributed by atoms with E-state index in [0.717, 1.165) is 0 Å². The number of carbonyl (C=O) groups excluding carboxylic acids is 1. The molecule has 1 fully saturated rings. The summed E-state index contributed by atoms with van der Waals surface area (Å²) in [5.41, 5.74) is 0.378. The Morgan fingerprint density at radius 2 is 2.16 bits per heavy atom. The molecule has 1 aromatic rings. The van der Waals surface area contributed by atoms with Crippen LogP contribution in [-0.2, 0) is 9.84 Å². The van der Waals surface area contributed by atoms with Gasteiger partial charge < -0.3 is 4.90 Å². The molecule has 1 aromatic carbocycles. The van der Waals surface area contributed by atoms with Gasteiger partial charge in [-0.1, -0.05) is 17.7 Å². The third-order valence-corrected chi connectivity index (χ3v) is 6.31. The lowest BCUT2D eigenvalue weighted by atomic mass is 10.1. The molecule has 1 aliphatic heterocycles. The quantitative estimate of drug-likeness (QED) is 0.807. The second-order valence-corrected chi connectivity index (χ2v) is 8.04. The fourth-order valence-corrected chi connectivity index (χ4v) is 4.45. The molecule has 2 rings (SSSR count). The van der Waals surface area contributed by atoms with E-state index in [1.165, 1.54) is 4.90 Å². The monoisotopic (exact) mass is 365 g/mol. The molecule has 1 saturated heterocycles. The van der Waals surface area contributed by atoms with Crippen LogP contribution in [0.5, 0.6) is 0 Å². The summed E-state index contributed by atoms with van der Waals surface area (Å²) in [6.45, 7) is 0. The Morgan fingerprint density at radius 1 is 1.47 bits per heavy atom. The number of carbonyl (C=O) groups is 1. The van der Waals surface area contributed by atoms with Crippen LogP contribution in [0.3, 0.4) is 0 Å². The molecule has 1 unspecified atom stereocenters. The van der Waals surface area contributed by atoms with Crippen LogP contribution < -0.4 is 0 Å². The van der Waals surface area contributed by atoms with Crippen molar-refractivity contribution in [3.8, 4) is 0 Å². The van der Waals surface area contributed by atoms with Crippen molar-refractivity contribution in [3.05, 3.63) is 33.3 Å². The highest BCUT2D eigenvalue weighted by Gasteiger charge is 2.33. The molecule has 1 atom stereocenters. The van der Waals surface area contributed by atoms with E-state index in [0.29, 0.717) is 21.5 Å². The number of benzene rings is 1. The maximum absolute atomic E-state index is 12.3. The fraction of sp³-hybridized carbons (Fsp3) is 0.417. The highest BCUT2D eigenvalue weighted by atomic mass is 79.9. The second kappa shape index (κ2) is 5.42. The molecule has 19 heavy (non-hydrogen) atoms. The van der Waals surface area contributed by atoms with E-state index in [-0.39, 0.29) is 23.5 Å². The maximum atomic E-state index is 12.3. The van der Waals surface area contributed by atoms with Crippen LogP contribution in [0.1, 0.15) is 16.8 Å². The fourth-order valence-electron chi connectivity index (χ4n) is 2.11. The highest BCUT2D eigenvalue weighted by molar-refractivity contribution is 9.10. The lowest BCUT2D eigenvalue weighted by Gasteiger charge is -2.24. The second-order valence-electron chi connectivity index (χ2n) is 4.57. The minimum Gasteiger partial charge on any atom is -0.338 e. The van der Waals surface area contributed by atoms with E-state index in [9.17, 15) is 13.2 Å². The van der Waals surface area contributed by atoms with Crippen molar-refractivity contribution in [1.29, 1.82) is 0 Å².